The molecule has 0 aliphatic carbocycles. The number of benzene rings is 1. The molecule has 0 amide bonds. The van der Waals surface area contributed by atoms with Crippen molar-refractivity contribution in [2.24, 2.45) is 0 Å². The van der Waals surface area contributed by atoms with Gasteiger partial charge in [-0.25, -0.2) is 0 Å². The standard InChI is InChI=1S/C18H31N/c1-3-5-6-10-13-18(19-16-4-2)15-14-17-11-8-7-9-12-17/h7-9,11-12,18-19H,3-6,10,13-16H2,1-2H3. The summed E-state index contributed by atoms with van der Waals surface area (Å²) in [7, 11) is 0. The van der Waals surface area contributed by atoms with E-state index in [1.807, 2.05) is 0 Å². The molecule has 1 rings (SSSR count). The second-order valence-corrected chi connectivity index (χ2v) is 5.52. The Kier molecular flexibility index (Phi) is 9.44. The molecular formula is C18H31N. The average molecular weight is 261 g/mol. The van der Waals surface area contributed by atoms with E-state index >= 15 is 0 Å². The fourth-order valence-electron chi connectivity index (χ4n) is 2.50. The molecule has 0 bridgehead atoms. The molecular weight excluding hydrogens is 230 g/mol. The van der Waals surface area contributed by atoms with Gasteiger partial charge in [-0.2, -0.15) is 0 Å². The Balaban J connectivity index is 2.27. The van der Waals surface area contributed by atoms with Crippen LogP contribution >= 0.6 is 0 Å². The summed E-state index contributed by atoms with van der Waals surface area (Å²) < 4.78 is 0. The van der Waals surface area contributed by atoms with Crippen LogP contribution in [0.2, 0.25) is 0 Å². The van der Waals surface area contributed by atoms with Crippen LogP contribution in [0.25, 0.3) is 0 Å². The Morgan fingerprint density at radius 3 is 2.37 bits per heavy atom. The highest BCUT2D eigenvalue weighted by atomic mass is 14.9. The molecule has 0 aromatic heterocycles. The Morgan fingerprint density at radius 1 is 0.895 bits per heavy atom. The molecule has 0 aliphatic heterocycles. The maximum atomic E-state index is 3.72. The molecule has 1 N–H and O–H groups in total. The number of hydrogen-bond donors (Lipinski definition) is 1. The third kappa shape index (κ3) is 8.05. The zero-order valence-electron chi connectivity index (χ0n) is 12.8. The van der Waals surface area contributed by atoms with Crippen molar-refractivity contribution in [2.75, 3.05) is 6.54 Å². The van der Waals surface area contributed by atoms with Gasteiger partial charge in [0.25, 0.3) is 0 Å². The molecule has 0 aliphatic rings. The predicted molar refractivity (Wildman–Crippen MR) is 85.6 cm³/mol. The quantitative estimate of drug-likeness (QED) is 0.555. The van der Waals surface area contributed by atoms with Crippen LogP contribution in [0.3, 0.4) is 0 Å². The van der Waals surface area contributed by atoms with Crippen LogP contribution in [0, 0.1) is 0 Å². The van der Waals surface area contributed by atoms with Crippen molar-refractivity contribution < 1.29 is 0 Å². The molecule has 1 atom stereocenters. The molecule has 0 radical (unpaired) electrons. The van der Waals surface area contributed by atoms with E-state index in [1.165, 1.54) is 56.9 Å². The minimum absolute atomic E-state index is 0.706. The summed E-state index contributed by atoms with van der Waals surface area (Å²) in [5, 5.41) is 3.72. The molecule has 1 heteroatoms. The first kappa shape index (κ1) is 16.2. The molecule has 108 valence electrons. The van der Waals surface area contributed by atoms with Crippen LogP contribution in [0.4, 0.5) is 0 Å². The molecule has 0 spiro atoms. The summed E-state index contributed by atoms with van der Waals surface area (Å²) in [6.07, 6.45) is 10.5. The average Bonchev–Trinajstić information content (AvgIpc) is 2.46. The second-order valence-electron chi connectivity index (χ2n) is 5.52. The number of aryl methyl sites for hydroxylation is 1. The van der Waals surface area contributed by atoms with E-state index in [9.17, 15) is 0 Å². The highest BCUT2D eigenvalue weighted by Gasteiger charge is 2.07. The smallest absolute Gasteiger partial charge is 0.00702 e. The van der Waals surface area contributed by atoms with Crippen LogP contribution in [0.1, 0.15) is 64.4 Å². The second kappa shape index (κ2) is 11.0. The topological polar surface area (TPSA) is 12.0 Å². The number of unbranched alkanes of at least 4 members (excludes halogenated alkanes) is 3. The van der Waals surface area contributed by atoms with E-state index in [2.05, 4.69) is 49.5 Å². The lowest BCUT2D eigenvalue weighted by atomic mass is 10.00. The third-order valence-electron chi connectivity index (χ3n) is 3.71. The highest BCUT2D eigenvalue weighted by molar-refractivity contribution is 5.14. The Morgan fingerprint density at radius 2 is 1.68 bits per heavy atom. The fraction of sp³-hybridized carbons (Fsp3) is 0.667. The maximum Gasteiger partial charge on any atom is 0.00702 e. The fourth-order valence-corrected chi connectivity index (χ4v) is 2.50. The molecule has 0 fully saturated rings. The Labute approximate surface area is 119 Å². The van der Waals surface area contributed by atoms with Crippen LogP contribution < -0.4 is 5.32 Å². The molecule has 1 aromatic carbocycles. The summed E-state index contributed by atoms with van der Waals surface area (Å²) in [6, 6.07) is 11.6. The molecule has 19 heavy (non-hydrogen) atoms. The van der Waals surface area contributed by atoms with Crippen molar-refractivity contribution in [3.05, 3.63) is 35.9 Å². The molecule has 0 heterocycles. The Hall–Kier alpha value is -0.820. The van der Waals surface area contributed by atoms with Crippen molar-refractivity contribution in [2.45, 2.75) is 71.3 Å². The summed E-state index contributed by atoms with van der Waals surface area (Å²) in [4.78, 5) is 0. The SMILES string of the molecule is CCCCCCC(CCc1ccccc1)NCCC. The maximum absolute atomic E-state index is 3.72. The van der Waals surface area contributed by atoms with Gasteiger partial charge in [-0.15, -0.1) is 0 Å². The molecule has 1 aromatic rings. The number of rotatable bonds is 11. The summed E-state index contributed by atoms with van der Waals surface area (Å²) >= 11 is 0. The van der Waals surface area contributed by atoms with Crippen LogP contribution in [0.5, 0.6) is 0 Å². The minimum atomic E-state index is 0.706. The largest absolute Gasteiger partial charge is 0.314 e. The molecule has 1 unspecified atom stereocenters. The van der Waals surface area contributed by atoms with E-state index in [-0.39, 0.29) is 0 Å². The zero-order chi connectivity index (χ0) is 13.8. The van der Waals surface area contributed by atoms with Gasteiger partial charge >= 0.3 is 0 Å². The first-order valence-electron chi connectivity index (χ1n) is 8.14. The van der Waals surface area contributed by atoms with Gasteiger partial charge in [0.15, 0.2) is 0 Å². The van der Waals surface area contributed by atoms with Crippen molar-refractivity contribution in [3.63, 3.8) is 0 Å². The van der Waals surface area contributed by atoms with E-state index in [4.69, 9.17) is 0 Å². The summed E-state index contributed by atoms with van der Waals surface area (Å²) in [5.74, 6) is 0. The van der Waals surface area contributed by atoms with Gasteiger partial charge in [0, 0.05) is 6.04 Å². The lowest BCUT2D eigenvalue weighted by molar-refractivity contribution is 0.432. The lowest BCUT2D eigenvalue weighted by Crippen LogP contribution is -2.30. The third-order valence-corrected chi connectivity index (χ3v) is 3.71. The minimum Gasteiger partial charge on any atom is -0.314 e. The van der Waals surface area contributed by atoms with E-state index in [0.717, 1.165) is 6.54 Å². The monoisotopic (exact) mass is 261 g/mol. The summed E-state index contributed by atoms with van der Waals surface area (Å²) in [5.41, 5.74) is 1.47. The molecule has 1 nitrogen and oxygen atoms in total. The number of hydrogen-bond acceptors (Lipinski definition) is 1. The van der Waals surface area contributed by atoms with Gasteiger partial charge in [-0.1, -0.05) is 69.9 Å². The van der Waals surface area contributed by atoms with Crippen molar-refractivity contribution in [1.29, 1.82) is 0 Å². The Bertz CT molecular complexity index is 294. The zero-order valence-corrected chi connectivity index (χ0v) is 12.8. The van der Waals surface area contributed by atoms with Gasteiger partial charge in [0.05, 0.1) is 0 Å². The molecule has 0 saturated heterocycles. The normalized spacial score (nSPS) is 12.5. The van der Waals surface area contributed by atoms with E-state index in [1.54, 1.807) is 0 Å². The van der Waals surface area contributed by atoms with Gasteiger partial charge < -0.3 is 5.32 Å². The van der Waals surface area contributed by atoms with Crippen molar-refractivity contribution in [3.8, 4) is 0 Å². The van der Waals surface area contributed by atoms with Gasteiger partial charge in [-0.3, -0.25) is 0 Å². The first-order valence-corrected chi connectivity index (χ1v) is 8.14. The van der Waals surface area contributed by atoms with Gasteiger partial charge in [0.1, 0.15) is 0 Å². The summed E-state index contributed by atoms with van der Waals surface area (Å²) in [6.45, 7) is 5.69. The number of nitrogens with one attached hydrogen (secondary N) is 1. The van der Waals surface area contributed by atoms with Crippen LogP contribution in [-0.2, 0) is 6.42 Å². The van der Waals surface area contributed by atoms with Crippen LogP contribution in [-0.4, -0.2) is 12.6 Å². The lowest BCUT2D eigenvalue weighted by Gasteiger charge is -2.18. The van der Waals surface area contributed by atoms with E-state index in [0.29, 0.717) is 6.04 Å². The molecule has 0 saturated carbocycles. The van der Waals surface area contributed by atoms with Crippen molar-refractivity contribution in [1.82, 2.24) is 5.32 Å². The first-order chi connectivity index (χ1) is 9.36. The van der Waals surface area contributed by atoms with Gasteiger partial charge in [0.2, 0.25) is 0 Å². The van der Waals surface area contributed by atoms with Gasteiger partial charge in [-0.05, 0) is 37.8 Å². The van der Waals surface area contributed by atoms with Crippen molar-refractivity contribution >= 4 is 0 Å². The predicted octanol–water partition coefficient (Wildman–Crippen LogP) is 4.96. The highest BCUT2D eigenvalue weighted by Crippen LogP contribution is 2.11. The van der Waals surface area contributed by atoms with Crippen LogP contribution in [0.15, 0.2) is 30.3 Å². The van der Waals surface area contributed by atoms with E-state index < -0.39 is 0 Å².